The smallest absolute Gasteiger partial charge is 0.262 e. The highest BCUT2D eigenvalue weighted by molar-refractivity contribution is 5.81. The van der Waals surface area contributed by atoms with Gasteiger partial charge < -0.3 is 10.6 Å². The zero-order chi connectivity index (χ0) is 22.8. The first-order valence-electron chi connectivity index (χ1n) is 11.3. The first kappa shape index (κ1) is 22.0. The number of fused-ring (bicyclic) bond motifs is 3. The van der Waals surface area contributed by atoms with Gasteiger partial charge in [-0.25, -0.2) is 0 Å². The van der Waals surface area contributed by atoms with Crippen molar-refractivity contribution in [2.75, 3.05) is 13.1 Å². The molecule has 0 bridgehead atoms. The fourth-order valence-corrected chi connectivity index (χ4v) is 4.36. The molecule has 1 fully saturated rings. The number of benzene rings is 1. The minimum absolute atomic E-state index is 0.0297. The van der Waals surface area contributed by atoms with Crippen LogP contribution in [0.5, 0.6) is 0 Å². The summed E-state index contributed by atoms with van der Waals surface area (Å²) in [4.78, 5) is 39.0. The molecule has 1 aliphatic rings. The summed E-state index contributed by atoms with van der Waals surface area (Å²) in [6.45, 7) is 5.90. The van der Waals surface area contributed by atoms with Gasteiger partial charge in [-0.15, -0.1) is 10.2 Å². The zero-order valence-corrected chi connectivity index (χ0v) is 18.7. The summed E-state index contributed by atoms with van der Waals surface area (Å²) >= 11 is 0. The van der Waals surface area contributed by atoms with E-state index in [1.54, 1.807) is 9.47 Å². The summed E-state index contributed by atoms with van der Waals surface area (Å²) in [6.07, 6.45) is 2.79. The number of nitrogens with two attached hydrogens (primary N) is 1. The molecule has 0 atom stereocenters. The lowest BCUT2D eigenvalue weighted by molar-refractivity contribution is -0.134. The lowest BCUT2D eigenvalue weighted by Crippen LogP contribution is -2.41. The van der Waals surface area contributed by atoms with E-state index in [0.29, 0.717) is 68.2 Å². The fourth-order valence-electron chi connectivity index (χ4n) is 4.36. The van der Waals surface area contributed by atoms with Gasteiger partial charge in [0.2, 0.25) is 17.6 Å². The molecule has 0 radical (unpaired) electrons. The summed E-state index contributed by atoms with van der Waals surface area (Å²) in [5, 5.41) is 9.29. The van der Waals surface area contributed by atoms with Crippen LogP contribution >= 0.6 is 0 Å². The number of likely N-dealkylation sites (tertiary alicyclic amines) is 1. The maximum absolute atomic E-state index is 13.1. The Balaban J connectivity index is 1.59. The molecule has 3 heterocycles. The van der Waals surface area contributed by atoms with Gasteiger partial charge in [0.25, 0.3) is 5.56 Å². The van der Waals surface area contributed by atoms with Crippen LogP contribution in [-0.2, 0) is 22.6 Å². The second-order valence-electron chi connectivity index (χ2n) is 8.97. The largest absolute Gasteiger partial charge is 0.369 e. The molecule has 4 rings (SSSR count). The zero-order valence-electron chi connectivity index (χ0n) is 18.7. The van der Waals surface area contributed by atoms with Crippen molar-refractivity contribution >= 4 is 28.5 Å². The van der Waals surface area contributed by atoms with Crippen molar-refractivity contribution in [3.05, 3.63) is 40.4 Å². The van der Waals surface area contributed by atoms with Gasteiger partial charge >= 0.3 is 0 Å². The number of rotatable bonds is 7. The minimum Gasteiger partial charge on any atom is -0.369 e. The molecule has 0 saturated carbocycles. The molecule has 1 saturated heterocycles. The Hall–Kier alpha value is -3.23. The van der Waals surface area contributed by atoms with Crippen molar-refractivity contribution in [2.24, 2.45) is 17.6 Å². The SMILES string of the molecule is CC(C)CCn1c(=O)c2ccccc2n2c(CCC(=O)N3CCC(C(N)=O)CC3)nnc12. The van der Waals surface area contributed by atoms with Crippen LogP contribution in [-0.4, -0.2) is 49.0 Å². The summed E-state index contributed by atoms with van der Waals surface area (Å²) in [5.74, 6) is 1.22. The van der Waals surface area contributed by atoms with Crippen molar-refractivity contribution in [3.8, 4) is 0 Å². The molecule has 1 aromatic carbocycles. The monoisotopic (exact) mass is 438 g/mol. The average molecular weight is 439 g/mol. The molecule has 2 aromatic heterocycles. The summed E-state index contributed by atoms with van der Waals surface area (Å²) < 4.78 is 3.60. The van der Waals surface area contributed by atoms with Crippen LogP contribution in [0.2, 0.25) is 0 Å². The Morgan fingerprint density at radius 1 is 1.16 bits per heavy atom. The highest BCUT2D eigenvalue weighted by Crippen LogP contribution is 2.19. The molecular weight excluding hydrogens is 408 g/mol. The van der Waals surface area contributed by atoms with Gasteiger partial charge in [0.05, 0.1) is 10.9 Å². The number of nitrogens with zero attached hydrogens (tertiary/aromatic N) is 5. The Kier molecular flexibility index (Phi) is 6.25. The molecule has 3 aromatic rings. The topological polar surface area (TPSA) is 116 Å². The van der Waals surface area contributed by atoms with Crippen molar-refractivity contribution in [2.45, 2.75) is 52.5 Å². The van der Waals surface area contributed by atoms with Crippen LogP contribution in [0.25, 0.3) is 16.7 Å². The number of aryl methyl sites for hydroxylation is 2. The van der Waals surface area contributed by atoms with Crippen LogP contribution in [0, 0.1) is 11.8 Å². The number of carbonyl (C=O) groups is 2. The summed E-state index contributed by atoms with van der Waals surface area (Å²) in [6, 6.07) is 7.45. The second kappa shape index (κ2) is 9.10. The van der Waals surface area contributed by atoms with Gasteiger partial charge in [-0.1, -0.05) is 26.0 Å². The van der Waals surface area contributed by atoms with E-state index in [2.05, 4.69) is 24.0 Å². The number of primary amides is 1. The van der Waals surface area contributed by atoms with E-state index in [-0.39, 0.29) is 23.3 Å². The van der Waals surface area contributed by atoms with E-state index in [0.717, 1.165) is 11.9 Å². The van der Waals surface area contributed by atoms with E-state index < -0.39 is 0 Å². The Morgan fingerprint density at radius 2 is 1.88 bits per heavy atom. The van der Waals surface area contributed by atoms with E-state index in [1.807, 2.05) is 28.7 Å². The van der Waals surface area contributed by atoms with E-state index in [4.69, 9.17) is 5.73 Å². The summed E-state index contributed by atoms with van der Waals surface area (Å²) in [5.41, 5.74) is 6.07. The van der Waals surface area contributed by atoms with Gasteiger partial charge in [-0.3, -0.25) is 23.4 Å². The van der Waals surface area contributed by atoms with Crippen molar-refractivity contribution < 1.29 is 9.59 Å². The van der Waals surface area contributed by atoms with Gasteiger partial charge in [-0.05, 0) is 37.3 Å². The van der Waals surface area contributed by atoms with E-state index >= 15 is 0 Å². The van der Waals surface area contributed by atoms with Gasteiger partial charge in [-0.2, -0.15) is 0 Å². The number of hydrogen-bond donors (Lipinski definition) is 1. The minimum atomic E-state index is -0.289. The standard InChI is InChI=1S/C23H30N6O3/c1-15(2)9-14-28-22(32)17-5-3-4-6-18(17)29-19(25-26-23(28)29)7-8-20(30)27-12-10-16(11-13-27)21(24)31/h3-6,15-16H,7-14H2,1-2H3,(H2,24,31). The van der Waals surface area contributed by atoms with Gasteiger partial charge in [0.15, 0.2) is 0 Å². The molecule has 32 heavy (non-hydrogen) atoms. The molecule has 9 heteroatoms. The van der Waals surface area contributed by atoms with Gasteiger partial charge in [0.1, 0.15) is 5.82 Å². The van der Waals surface area contributed by atoms with E-state index in [1.165, 1.54) is 0 Å². The van der Waals surface area contributed by atoms with Crippen LogP contribution < -0.4 is 11.3 Å². The number of para-hydroxylation sites is 1. The highest BCUT2D eigenvalue weighted by Gasteiger charge is 2.26. The Bertz CT molecular complexity index is 1200. The third kappa shape index (κ3) is 4.24. The number of aromatic nitrogens is 4. The normalized spacial score (nSPS) is 15.2. The molecule has 0 aliphatic carbocycles. The molecule has 1 aliphatic heterocycles. The fraction of sp³-hybridized carbons (Fsp3) is 0.522. The molecule has 0 spiro atoms. The van der Waals surface area contributed by atoms with Gasteiger partial charge in [0, 0.05) is 38.4 Å². The lowest BCUT2D eigenvalue weighted by atomic mass is 9.96. The van der Waals surface area contributed by atoms with Crippen molar-refractivity contribution in [1.82, 2.24) is 24.1 Å². The number of carbonyl (C=O) groups excluding carboxylic acids is 2. The number of amides is 2. The van der Waals surface area contributed by atoms with E-state index in [9.17, 15) is 14.4 Å². The molecule has 170 valence electrons. The summed E-state index contributed by atoms with van der Waals surface area (Å²) in [7, 11) is 0. The van der Waals surface area contributed by atoms with Crippen LogP contribution in [0.1, 0.15) is 45.4 Å². The van der Waals surface area contributed by atoms with Crippen molar-refractivity contribution in [3.63, 3.8) is 0 Å². The van der Waals surface area contributed by atoms with Crippen LogP contribution in [0.3, 0.4) is 0 Å². The lowest BCUT2D eigenvalue weighted by Gasteiger charge is -2.30. The first-order valence-corrected chi connectivity index (χ1v) is 11.3. The predicted molar refractivity (Wildman–Crippen MR) is 121 cm³/mol. The van der Waals surface area contributed by atoms with Crippen LogP contribution in [0.4, 0.5) is 0 Å². The molecule has 0 unspecified atom stereocenters. The third-order valence-electron chi connectivity index (χ3n) is 6.32. The molecule has 2 N–H and O–H groups in total. The highest BCUT2D eigenvalue weighted by atomic mass is 16.2. The maximum Gasteiger partial charge on any atom is 0.262 e. The maximum atomic E-state index is 13.1. The Morgan fingerprint density at radius 3 is 2.56 bits per heavy atom. The second-order valence-corrected chi connectivity index (χ2v) is 8.97. The van der Waals surface area contributed by atoms with Crippen molar-refractivity contribution in [1.29, 1.82) is 0 Å². The first-order chi connectivity index (χ1) is 15.4. The average Bonchev–Trinajstić information content (AvgIpc) is 3.21. The third-order valence-corrected chi connectivity index (χ3v) is 6.32. The molecule has 2 amide bonds. The Labute approximate surface area is 186 Å². The predicted octanol–water partition coefficient (Wildman–Crippen LogP) is 1.75. The quantitative estimate of drug-likeness (QED) is 0.603. The molecule has 9 nitrogen and oxygen atoms in total. The number of hydrogen-bond acceptors (Lipinski definition) is 5. The van der Waals surface area contributed by atoms with Crippen LogP contribution in [0.15, 0.2) is 29.1 Å². The number of piperidine rings is 1. The molecular formula is C23H30N6O3.